The van der Waals surface area contributed by atoms with Gasteiger partial charge in [0.1, 0.15) is 0 Å². The Bertz CT molecular complexity index is 268. The molecule has 0 aliphatic carbocycles. The third kappa shape index (κ3) is 4.86. The van der Waals surface area contributed by atoms with Crippen molar-refractivity contribution in [2.75, 3.05) is 6.61 Å². The largest absolute Gasteiger partial charge is 0.417 e. The third-order valence-electron chi connectivity index (χ3n) is 4.25. The van der Waals surface area contributed by atoms with Crippen LogP contribution in [0.25, 0.3) is 0 Å². The van der Waals surface area contributed by atoms with Gasteiger partial charge in [-0.15, -0.1) is 6.58 Å². The smallest absolute Gasteiger partial charge is 0.191 e. The molecule has 1 aliphatic rings. The van der Waals surface area contributed by atoms with E-state index in [1.807, 2.05) is 6.08 Å². The average Bonchev–Trinajstić information content (AvgIpc) is 2.99. The van der Waals surface area contributed by atoms with Gasteiger partial charge in [-0.25, -0.2) is 0 Å². The Hall–Kier alpha value is -0.123. The molecule has 0 bridgehead atoms. The molecule has 2 nitrogen and oxygen atoms in total. The second-order valence-corrected chi connectivity index (χ2v) is 11.6. The van der Waals surface area contributed by atoms with Crippen molar-refractivity contribution in [1.82, 2.24) is 0 Å². The first-order chi connectivity index (χ1) is 8.28. The van der Waals surface area contributed by atoms with E-state index in [1.54, 1.807) is 0 Å². The molecule has 0 aromatic rings. The van der Waals surface area contributed by atoms with Crippen molar-refractivity contribution in [2.24, 2.45) is 0 Å². The van der Waals surface area contributed by atoms with Crippen molar-refractivity contribution in [2.45, 2.75) is 76.8 Å². The zero-order chi connectivity index (χ0) is 13.8. The molecule has 1 heterocycles. The zero-order valence-electron chi connectivity index (χ0n) is 12.8. The normalized spacial score (nSPS) is 24.1. The standard InChI is InChI=1S/C15H30O2Si/c1-7-8-10-13-14(17-13)11-9-12-16-18(5,6)15(2,3)4/h7,13-14H,1,8-12H2,2-6H3/t13-,14-/m0/s1. The molecule has 1 aliphatic heterocycles. The highest BCUT2D eigenvalue weighted by atomic mass is 28.4. The van der Waals surface area contributed by atoms with Crippen LogP contribution < -0.4 is 0 Å². The first-order valence-corrected chi connectivity index (χ1v) is 10.1. The van der Waals surface area contributed by atoms with Gasteiger partial charge in [0, 0.05) is 6.61 Å². The zero-order valence-corrected chi connectivity index (χ0v) is 13.8. The molecule has 1 rings (SSSR count). The van der Waals surface area contributed by atoms with Gasteiger partial charge in [0.2, 0.25) is 0 Å². The van der Waals surface area contributed by atoms with Crippen molar-refractivity contribution >= 4 is 8.32 Å². The third-order valence-corrected chi connectivity index (χ3v) is 8.78. The fourth-order valence-electron chi connectivity index (χ4n) is 1.80. The van der Waals surface area contributed by atoms with Crippen LogP contribution >= 0.6 is 0 Å². The summed E-state index contributed by atoms with van der Waals surface area (Å²) in [5, 5.41) is 0.315. The van der Waals surface area contributed by atoms with E-state index in [2.05, 4.69) is 40.4 Å². The van der Waals surface area contributed by atoms with Crippen LogP contribution in [0.15, 0.2) is 12.7 Å². The summed E-state index contributed by atoms with van der Waals surface area (Å²) < 4.78 is 11.8. The number of ether oxygens (including phenoxy) is 1. The Morgan fingerprint density at radius 2 is 1.83 bits per heavy atom. The van der Waals surface area contributed by atoms with E-state index in [0.29, 0.717) is 17.2 Å². The molecule has 0 aromatic carbocycles. The van der Waals surface area contributed by atoms with Crippen LogP contribution in [-0.4, -0.2) is 27.1 Å². The number of epoxide rings is 1. The maximum absolute atomic E-state index is 6.16. The van der Waals surface area contributed by atoms with E-state index < -0.39 is 8.32 Å². The van der Waals surface area contributed by atoms with E-state index in [0.717, 1.165) is 32.3 Å². The lowest BCUT2D eigenvalue weighted by Crippen LogP contribution is -2.41. The van der Waals surface area contributed by atoms with Crippen LogP contribution in [0.3, 0.4) is 0 Å². The summed E-state index contributed by atoms with van der Waals surface area (Å²) in [4.78, 5) is 0. The minimum absolute atomic E-state index is 0.315. The van der Waals surface area contributed by atoms with Crippen molar-refractivity contribution in [3.63, 3.8) is 0 Å². The molecular formula is C15H30O2Si. The predicted molar refractivity (Wildman–Crippen MR) is 80.5 cm³/mol. The maximum Gasteiger partial charge on any atom is 0.191 e. The van der Waals surface area contributed by atoms with Gasteiger partial charge in [-0.2, -0.15) is 0 Å². The lowest BCUT2D eigenvalue weighted by atomic mass is 10.1. The molecule has 1 saturated heterocycles. The van der Waals surface area contributed by atoms with Crippen LogP contribution in [0.1, 0.15) is 46.5 Å². The number of rotatable bonds is 8. The van der Waals surface area contributed by atoms with Crippen molar-refractivity contribution in [1.29, 1.82) is 0 Å². The molecule has 0 N–H and O–H groups in total. The first kappa shape index (κ1) is 15.9. The van der Waals surface area contributed by atoms with Gasteiger partial charge in [0.25, 0.3) is 0 Å². The van der Waals surface area contributed by atoms with Crippen molar-refractivity contribution < 1.29 is 9.16 Å². The molecule has 106 valence electrons. The Balaban J connectivity index is 2.08. The van der Waals surface area contributed by atoms with E-state index in [-0.39, 0.29) is 0 Å². The quantitative estimate of drug-likeness (QED) is 0.280. The van der Waals surface area contributed by atoms with Crippen LogP contribution in [0, 0.1) is 0 Å². The molecule has 0 aromatic heterocycles. The Kier molecular flexibility index (Phi) is 5.62. The molecular weight excluding hydrogens is 240 g/mol. The summed E-state index contributed by atoms with van der Waals surface area (Å²) in [6, 6.07) is 0. The van der Waals surface area contributed by atoms with Gasteiger partial charge in [-0.3, -0.25) is 0 Å². The molecule has 0 saturated carbocycles. The first-order valence-electron chi connectivity index (χ1n) is 7.18. The second kappa shape index (κ2) is 6.35. The molecule has 1 fully saturated rings. The number of allylic oxidation sites excluding steroid dienone is 1. The molecule has 0 unspecified atom stereocenters. The van der Waals surface area contributed by atoms with Gasteiger partial charge in [-0.1, -0.05) is 26.8 Å². The SMILES string of the molecule is C=CCC[C@@H]1O[C@H]1CCCO[Si](C)(C)C(C)(C)C. The van der Waals surface area contributed by atoms with Crippen molar-refractivity contribution in [3.05, 3.63) is 12.7 Å². The monoisotopic (exact) mass is 270 g/mol. The number of hydrogen-bond acceptors (Lipinski definition) is 2. The molecule has 0 radical (unpaired) electrons. The minimum atomic E-state index is -1.55. The fourth-order valence-corrected chi connectivity index (χ4v) is 2.89. The highest BCUT2D eigenvalue weighted by molar-refractivity contribution is 6.74. The van der Waals surface area contributed by atoms with Crippen LogP contribution in [-0.2, 0) is 9.16 Å². The van der Waals surface area contributed by atoms with Crippen molar-refractivity contribution in [3.8, 4) is 0 Å². The summed E-state index contributed by atoms with van der Waals surface area (Å²) in [6.07, 6.45) is 7.44. The Labute approximate surface area is 114 Å². The highest BCUT2D eigenvalue weighted by Gasteiger charge is 2.38. The highest BCUT2D eigenvalue weighted by Crippen LogP contribution is 2.37. The van der Waals surface area contributed by atoms with Crippen LogP contribution in [0.2, 0.25) is 18.1 Å². The van der Waals surface area contributed by atoms with Gasteiger partial charge < -0.3 is 9.16 Å². The lowest BCUT2D eigenvalue weighted by molar-refractivity contribution is 0.269. The Morgan fingerprint density at radius 3 is 2.39 bits per heavy atom. The molecule has 0 amide bonds. The van der Waals surface area contributed by atoms with Gasteiger partial charge in [-0.05, 0) is 43.8 Å². The van der Waals surface area contributed by atoms with E-state index in [1.165, 1.54) is 0 Å². The Morgan fingerprint density at radius 1 is 1.22 bits per heavy atom. The molecule has 0 spiro atoms. The summed E-state index contributed by atoms with van der Waals surface area (Å²) >= 11 is 0. The predicted octanol–water partition coefficient (Wildman–Crippen LogP) is 4.52. The van der Waals surface area contributed by atoms with E-state index in [4.69, 9.17) is 9.16 Å². The van der Waals surface area contributed by atoms with E-state index >= 15 is 0 Å². The number of hydrogen-bond donors (Lipinski definition) is 0. The topological polar surface area (TPSA) is 21.8 Å². The molecule has 18 heavy (non-hydrogen) atoms. The maximum atomic E-state index is 6.16. The fraction of sp³-hybridized carbons (Fsp3) is 0.867. The molecule has 2 atom stereocenters. The minimum Gasteiger partial charge on any atom is -0.417 e. The van der Waals surface area contributed by atoms with Gasteiger partial charge in [0.05, 0.1) is 12.2 Å². The van der Waals surface area contributed by atoms with Gasteiger partial charge in [0.15, 0.2) is 8.32 Å². The average molecular weight is 270 g/mol. The van der Waals surface area contributed by atoms with E-state index in [9.17, 15) is 0 Å². The summed E-state index contributed by atoms with van der Waals surface area (Å²) in [5.74, 6) is 0. The summed E-state index contributed by atoms with van der Waals surface area (Å²) in [5.41, 5.74) is 0. The lowest BCUT2D eigenvalue weighted by Gasteiger charge is -2.36. The second-order valence-electron chi connectivity index (χ2n) is 6.83. The van der Waals surface area contributed by atoms with Gasteiger partial charge >= 0.3 is 0 Å². The van der Waals surface area contributed by atoms with Crippen LogP contribution in [0.5, 0.6) is 0 Å². The summed E-state index contributed by atoms with van der Waals surface area (Å²) in [7, 11) is -1.55. The molecule has 3 heteroatoms. The van der Waals surface area contributed by atoms with Crippen LogP contribution in [0.4, 0.5) is 0 Å². The summed E-state index contributed by atoms with van der Waals surface area (Å²) in [6.45, 7) is 16.1.